The van der Waals surface area contributed by atoms with E-state index in [1.54, 1.807) is 72.8 Å². The van der Waals surface area contributed by atoms with Gasteiger partial charge in [-0.25, -0.2) is 0 Å². The van der Waals surface area contributed by atoms with E-state index in [-0.39, 0.29) is 46.1 Å². The SMILES string of the molecule is CC(=O)c1cccc2cccc([O-])c12.CC(=O)c1cccc2cccc([O-])c12.CC(=O)c1cccc2cccc([O-])c12.CC(=O)c1cccc2cccc([O-])c12.CN(C)C(N)=[N+](C)C.CN(C)C(N)=[N+](C)C.CN(C)C(N)=[N+](C)C.CN(C)C(N)=[N+](C)C. The largest absolute Gasteiger partial charge is 0.872 e. The fraction of sp³-hybridized carbons (Fsp3) is 0.294. The van der Waals surface area contributed by atoms with E-state index in [0.29, 0.717) is 43.8 Å². The van der Waals surface area contributed by atoms with Crippen LogP contribution in [0.4, 0.5) is 0 Å². The van der Waals surface area contributed by atoms with Crippen molar-refractivity contribution in [3.8, 4) is 23.0 Å². The molecule has 0 saturated carbocycles. The van der Waals surface area contributed by atoms with Crippen molar-refractivity contribution in [1.82, 2.24) is 19.6 Å². The van der Waals surface area contributed by atoms with Crippen molar-refractivity contribution >= 4 is 90.1 Å². The van der Waals surface area contributed by atoms with Crippen molar-refractivity contribution in [2.45, 2.75) is 27.7 Å². The van der Waals surface area contributed by atoms with Gasteiger partial charge in [-0.15, -0.1) is 23.0 Å². The molecule has 20 heteroatoms. The van der Waals surface area contributed by atoms with Crippen LogP contribution < -0.4 is 43.4 Å². The number of hydrogen-bond acceptors (Lipinski definition) is 8. The van der Waals surface area contributed by atoms with E-state index in [4.69, 9.17) is 22.9 Å². The van der Waals surface area contributed by atoms with Crippen molar-refractivity contribution in [3.05, 3.63) is 168 Å². The summed E-state index contributed by atoms with van der Waals surface area (Å²) in [6.07, 6.45) is 0. The molecule has 0 aromatic heterocycles. The molecule has 0 heterocycles. The van der Waals surface area contributed by atoms with E-state index >= 15 is 0 Å². The zero-order valence-corrected chi connectivity index (χ0v) is 55.0. The number of hydrogen-bond donors (Lipinski definition) is 4. The van der Waals surface area contributed by atoms with Crippen LogP contribution in [-0.2, 0) is 0 Å². The molecule has 0 fully saturated rings. The summed E-state index contributed by atoms with van der Waals surface area (Å²) in [5, 5.41) is 51.6. The molecule has 8 rings (SSSR count). The summed E-state index contributed by atoms with van der Waals surface area (Å²) in [5.74, 6) is 2.43. The maximum absolute atomic E-state index is 11.6. The Morgan fingerprint density at radius 2 is 0.420 bits per heavy atom. The third-order valence-corrected chi connectivity index (χ3v) is 12.6. The molecule has 8 aromatic carbocycles. The zero-order valence-electron chi connectivity index (χ0n) is 55.0. The van der Waals surface area contributed by atoms with Crippen molar-refractivity contribution in [3.63, 3.8) is 0 Å². The minimum atomic E-state index is -0.0895. The highest BCUT2D eigenvalue weighted by molar-refractivity contribution is 6.11. The van der Waals surface area contributed by atoms with E-state index < -0.39 is 0 Å². The molecule has 0 aliphatic heterocycles. The van der Waals surface area contributed by atoms with Crippen LogP contribution in [0.3, 0.4) is 0 Å². The smallest absolute Gasteiger partial charge is 0.344 e. The average molecular weight is 1210 g/mol. The number of carbonyl (C=O) groups excluding carboxylic acids is 4. The Bertz CT molecular complexity index is 3280. The third-order valence-electron chi connectivity index (χ3n) is 12.6. The molecule has 20 nitrogen and oxygen atoms in total. The van der Waals surface area contributed by atoms with E-state index in [1.165, 1.54) is 52.0 Å². The van der Waals surface area contributed by atoms with Crippen LogP contribution in [-0.4, -0.2) is 198 Å². The van der Waals surface area contributed by atoms with Gasteiger partial charge in [0.25, 0.3) is 0 Å². The lowest BCUT2D eigenvalue weighted by molar-refractivity contribution is -0.470. The molecule has 0 amide bonds. The maximum atomic E-state index is 11.6. The van der Waals surface area contributed by atoms with Gasteiger partial charge in [-0.1, -0.05) is 146 Å². The highest BCUT2D eigenvalue weighted by atomic mass is 16.3. The van der Waals surface area contributed by atoms with Gasteiger partial charge in [0.15, 0.2) is 23.1 Å². The number of nitrogens with zero attached hydrogens (tertiary/aromatic N) is 8. The van der Waals surface area contributed by atoms with Gasteiger partial charge in [0.1, 0.15) is 0 Å². The summed E-state index contributed by atoms with van der Waals surface area (Å²) in [5.41, 5.74) is 24.1. The predicted molar refractivity (Wildman–Crippen MR) is 354 cm³/mol. The molecule has 8 N–H and O–H groups in total. The average Bonchev–Trinajstić information content (AvgIpc) is 2.05. The fourth-order valence-corrected chi connectivity index (χ4v) is 8.00. The molecular formula is C68H92N12O8. The highest BCUT2D eigenvalue weighted by Crippen LogP contribution is 2.29. The molecule has 0 atom stereocenters. The van der Waals surface area contributed by atoms with Gasteiger partial charge in [-0.05, 0) is 70.8 Å². The Hall–Kier alpha value is -10.2. The summed E-state index contributed by atoms with van der Waals surface area (Å²) < 4.78 is 7.44. The second kappa shape index (κ2) is 36.6. The number of benzene rings is 8. The molecular weight excluding hydrogens is 1110 g/mol. The Kier molecular flexibility index (Phi) is 31.5. The van der Waals surface area contributed by atoms with E-state index in [0.717, 1.165) is 45.4 Å². The zero-order chi connectivity index (χ0) is 67.4. The molecule has 0 saturated heterocycles. The minimum absolute atomic E-state index is 0.0705. The topological polar surface area (TPSA) is 290 Å². The van der Waals surface area contributed by atoms with Crippen LogP contribution in [0.15, 0.2) is 146 Å². The van der Waals surface area contributed by atoms with Crippen LogP contribution in [0.5, 0.6) is 23.0 Å². The van der Waals surface area contributed by atoms with Crippen LogP contribution in [0.2, 0.25) is 0 Å². The summed E-state index contributed by atoms with van der Waals surface area (Å²) >= 11 is 0. The Morgan fingerprint density at radius 1 is 0.284 bits per heavy atom. The molecule has 0 spiro atoms. The maximum Gasteiger partial charge on any atom is 0.344 e. The quantitative estimate of drug-likeness (QED) is 0.0780. The van der Waals surface area contributed by atoms with E-state index in [9.17, 15) is 39.6 Å². The molecule has 88 heavy (non-hydrogen) atoms. The predicted octanol–water partition coefficient (Wildman–Crippen LogP) is 5.00. The van der Waals surface area contributed by atoms with E-state index in [2.05, 4.69) is 0 Å². The van der Waals surface area contributed by atoms with Gasteiger partial charge >= 0.3 is 23.8 Å². The first-order chi connectivity index (χ1) is 41.0. The number of rotatable bonds is 4. The molecule has 0 unspecified atom stereocenters. The summed E-state index contributed by atoms with van der Waals surface area (Å²) in [6, 6.07) is 41.3. The summed E-state index contributed by atoms with van der Waals surface area (Å²) in [7, 11) is 30.6. The molecule has 0 radical (unpaired) electrons. The number of nitrogens with two attached hydrogens (primary N) is 4. The highest BCUT2D eigenvalue weighted by Gasteiger charge is 2.09. The van der Waals surface area contributed by atoms with Gasteiger partial charge in [0.05, 0.1) is 113 Å². The first-order valence-corrected chi connectivity index (χ1v) is 27.7. The standard InChI is InChI=1S/4C12H10O2.4C5H13N3/c4*1-8(13)10-6-2-4-9-5-3-7-11(14)12(9)10;4*1-7(2)5(6)8(3)4/h4*2-7,14H,1H3;4*6H,1-4H3. The Labute approximate surface area is 519 Å². The van der Waals surface area contributed by atoms with Crippen molar-refractivity contribution in [2.24, 2.45) is 22.9 Å². The molecule has 472 valence electrons. The van der Waals surface area contributed by atoms with Crippen LogP contribution >= 0.6 is 0 Å². The molecule has 0 aliphatic rings. The van der Waals surface area contributed by atoms with Gasteiger partial charge < -0.3 is 20.4 Å². The number of fused-ring (bicyclic) bond motifs is 4. The molecule has 0 aliphatic carbocycles. The molecule has 0 bridgehead atoms. The van der Waals surface area contributed by atoms with Crippen LogP contribution in [0, 0.1) is 0 Å². The van der Waals surface area contributed by atoms with Gasteiger partial charge in [0, 0.05) is 22.3 Å². The van der Waals surface area contributed by atoms with Crippen molar-refractivity contribution < 1.29 is 57.9 Å². The van der Waals surface area contributed by atoms with Gasteiger partial charge in [-0.2, -0.15) is 0 Å². The Morgan fingerprint density at radius 3 is 0.523 bits per heavy atom. The Balaban J connectivity index is 0.000000511. The summed E-state index contributed by atoms with van der Waals surface area (Å²) in [4.78, 5) is 52.5. The van der Waals surface area contributed by atoms with Gasteiger partial charge in [-0.3, -0.25) is 80.0 Å². The van der Waals surface area contributed by atoms with Crippen molar-refractivity contribution in [2.75, 3.05) is 113 Å². The van der Waals surface area contributed by atoms with Crippen LogP contribution in [0.1, 0.15) is 69.1 Å². The second-order valence-electron chi connectivity index (χ2n) is 21.5. The second-order valence-corrected chi connectivity index (χ2v) is 21.5. The third kappa shape index (κ3) is 23.7. The minimum Gasteiger partial charge on any atom is -0.872 e. The number of carbonyl (C=O) groups is 4. The summed E-state index contributed by atoms with van der Waals surface area (Å²) in [6.45, 7) is 5.89. The lowest BCUT2D eigenvalue weighted by Crippen LogP contribution is -2.36. The number of Topliss-reactive ketones (excluding diaryl/α,β-unsaturated/α-hetero) is 4. The normalized spacial score (nSPS) is 9.68. The van der Waals surface area contributed by atoms with Crippen LogP contribution in [0.25, 0.3) is 43.1 Å². The molecule has 8 aromatic rings. The van der Waals surface area contributed by atoms with E-state index in [1.807, 2.05) is 199 Å². The fourth-order valence-electron chi connectivity index (χ4n) is 8.00. The number of ketones is 4. The first kappa shape index (κ1) is 75.8. The van der Waals surface area contributed by atoms with Gasteiger partial charge in [0.2, 0.25) is 0 Å². The lowest BCUT2D eigenvalue weighted by Gasteiger charge is -2.12. The number of guanidine groups is 4. The van der Waals surface area contributed by atoms with Crippen molar-refractivity contribution in [1.29, 1.82) is 0 Å². The monoisotopic (exact) mass is 1200 g/mol. The lowest BCUT2D eigenvalue weighted by atomic mass is 10.0. The first-order valence-electron chi connectivity index (χ1n) is 27.7.